The van der Waals surface area contributed by atoms with Crippen LogP contribution < -0.4 is 15.4 Å². The lowest BCUT2D eigenvalue weighted by Gasteiger charge is -2.20. The molecule has 2 heterocycles. The van der Waals surface area contributed by atoms with Gasteiger partial charge in [0.25, 0.3) is 0 Å². The second kappa shape index (κ2) is 6.45. The number of fused-ring (bicyclic) bond motifs is 1. The van der Waals surface area contributed by atoms with E-state index in [1.807, 2.05) is 24.3 Å². The van der Waals surface area contributed by atoms with Crippen LogP contribution in [-0.4, -0.2) is 38.3 Å². The van der Waals surface area contributed by atoms with Crippen molar-refractivity contribution in [2.24, 2.45) is 5.92 Å². The van der Waals surface area contributed by atoms with Crippen molar-refractivity contribution in [1.82, 2.24) is 10.6 Å². The summed E-state index contributed by atoms with van der Waals surface area (Å²) in [4.78, 5) is 12.5. The summed E-state index contributed by atoms with van der Waals surface area (Å²) in [7, 11) is 0. The molecule has 3 rings (SSSR count). The standard InChI is InChI=1S/C16H22N2O3/c1-2-7-17-13-9-20-8-12(13)16(19)18-14-10-21-15-6-4-3-5-11(14)15/h3-6,12-14,17H,2,7-10H2,1H3,(H,18,19). The summed E-state index contributed by atoms with van der Waals surface area (Å²) in [6, 6.07) is 7.91. The monoisotopic (exact) mass is 290 g/mol. The summed E-state index contributed by atoms with van der Waals surface area (Å²) in [5.41, 5.74) is 1.06. The van der Waals surface area contributed by atoms with Gasteiger partial charge in [0.15, 0.2) is 0 Å². The largest absolute Gasteiger partial charge is 0.491 e. The van der Waals surface area contributed by atoms with E-state index in [9.17, 15) is 4.79 Å². The third-order valence-corrected chi connectivity index (χ3v) is 4.09. The summed E-state index contributed by atoms with van der Waals surface area (Å²) >= 11 is 0. The van der Waals surface area contributed by atoms with Gasteiger partial charge in [0.1, 0.15) is 12.4 Å². The molecule has 21 heavy (non-hydrogen) atoms. The molecular formula is C16H22N2O3. The van der Waals surface area contributed by atoms with Crippen molar-refractivity contribution in [3.05, 3.63) is 29.8 Å². The van der Waals surface area contributed by atoms with Crippen LogP contribution >= 0.6 is 0 Å². The second-order valence-electron chi connectivity index (χ2n) is 5.61. The normalized spacial score (nSPS) is 27.2. The molecule has 2 N–H and O–H groups in total. The minimum Gasteiger partial charge on any atom is -0.491 e. The first-order valence-corrected chi connectivity index (χ1v) is 7.63. The van der Waals surface area contributed by atoms with Gasteiger partial charge in [0.2, 0.25) is 5.91 Å². The summed E-state index contributed by atoms with van der Waals surface area (Å²) in [6.07, 6.45) is 1.05. The number of carbonyl (C=O) groups excluding carboxylic acids is 1. The van der Waals surface area contributed by atoms with E-state index in [1.54, 1.807) is 0 Å². The van der Waals surface area contributed by atoms with E-state index >= 15 is 0 Å². The highest BCUT2D eigenvalue weighted by Gasteiger charge is 2.35. The zero-order chi connectivity index (χ0) is 14.7. The van der Waals surface area contributed by atoms with Crippen molar-refractivity contribution in [3.8, 4) is 5.75 Å². The van der Waals surface area contributed by atoms with Crippen molar-refractivity contribution in [3.63, 3.8) is 0 Å². The number of amides is 1. The van der Waals surface area contributed by atoms with Crippen LogP contribution in [0.5, 0.6) is 5.75 Å². The first-order chi connectivity index (χ1) is 10.3. The van der Waals surface area contributed by atoms with Gasteiger partial charge < -0.3 is 20.1 Å². The lowest BCUT2D eigenvalue weighted by atomic mass is 10.0. The van der Waals surface area contributed by atoms with Crippen molar-refractivity contribution in [1.29, 1.82) is 0 Å². The molecule has 1 amide bonds. The Hall–Kier alpha value is -1.59. The van der Waals surface area contributed by atoms with Crippen molar-refractivity contribution < 1.29 is 14.3 Å². The molecule has 1 saturated heterocycles. The van der Waals surface area contributed by atoms with Crippen LogP contribution in [0, 0.1) is 5.92 Å². The number of carbonyl (C=O) groups is 1. The summed E-state index contributed by atoms with van der Waals surface area (Å²) in [5.74, 6) is 0.793. The van der Waals surface area contributed by atoms with E-state index in [1.165, 1.54) is 0 Å². The number of hydrogen-bond acceptors (Lipinski definition) is 4. The molecule has 0 saturated carbocycles. The van der Waals surface area contributed by atoms with Gasteiger partial charge in [-0.3, -0.25) is 4.79 Å². The fourth-order valence-corrected chi connectivity index (χ4v) is 2.90. The highest BCUT2D eigenvalue weighted by atomic mass is 16.5. The number of hydrogen-bond donors (Lipinski definition) is 2. The first kappa shape index (κ1) is 14.4. The molecule has 0 spiro atoms. The smallest absolute Gasteiger partial charge is 0.227 e. The Morgan fingerprint density at radius 2 is 2.14 bits per heavy atom. The van der Waals surface area contributed by atoms with Crippen LogP contribution in [-0.2, 0) is 9.53 Å². The molecule has 5 nitrogen and oxygen atoms in total. The average molecular weight is 290 g/mol. The topological polar surface area (TPSA) is 59.6 Å². The van der Waals surface area contributed by atoms with Crippen molar-refractivity contribution in [2.75, 3.05) is 26.4 Å². The Bertz CT molecular complexity index is 506. The van der Waals surface area contributed by atoms with Gasteiger partial charge in [-0.2, -0.15) is 0 Å². The Labute approximate surface area is 125 Å². The van der Waals surface area contributed by atoms with Gasteiger partial charge in [-0.05, 0) is 19.0 Å². The third-order valence-electron chi connectivity index (χ3n) is 4.09. The Balaban J connectivity index is 1.62. The molecule has 2 aliphatic heterocycles. The first-order valence-electron chi connectivity index (χ1n) is 7.63. The van der Waals surface area contributed by atoms with E-state index < -0.39 is 0 Å². The molecule has 1 fully saturated rings. The number of para-hydroxylation sites is 1. The molecule has 0 bridgehead atoms. The number of benzene rings is 1. The van der Waals surface area contributed by atoms with E-state index in [-0.39, 0.29) is 23.9 Å². The minimum absolute atomic E-state index is 0.0476. The van der Waals surface area contributed by atoms with E-state index in [4.69, 9.17) is 9.47 Å². The quantitative estimate of drug-likeness (QED) is 0.857. The predicted molar refractivity (Wildman–Crippen MR) is 79.2 cm³/mol. The summed E-state index contributed by atoms with van der Waals surface area (Å²) in [5, 5.41) is 6.49. The fourth-order valence-electron chi connectivity index (χ4n) is 2.90. The molecular weight excluding hydrogens is 268 g/mol. The maximum absolute atomic E-state index is 12.5. The van der Waals surface area contributed by atoms with Crippen LogP contribution in [0.3, 0.4) is 0 Å². The van der Waals surface area contributed by atoms with Crippen LogP contribution in [0.15, 0.2) is 24.3 Å². The zero-order valence-electron chi connectivity index (χ0n) is 12.3. The lowest BCUT2D eigenvalue weighted by Crippen LogP contribution is -2.45. The lowest BCUT2D eigenvalue weighted by molar-refractivity contribution is -0.126. The SMILES string of the molecule is CCCNC1COCC1C(=O)NC1COc2ccccc21. The molecule has 3 atom stereocenters. The van der Waals surface area contributed by atoms with Crippen molar-refractivity contribution >= 4 is 5.91 Å². The number of rotatable bonds is 5. The van der Waals surface area contributed by atoms with Crippen LogP contribution in [0.4, 0.5) is 0 Å². The van der Waals surface area contributed by atoms with Gasteiger partial charge in [0, 0.05) is 11.6 Å². The van der Waals surface area contributed by atoms with E-state index in [2.05, 4.69) is 17.6 Å². The van der Waals surface area contributed by atoms with Gasteiger partial charge in [-0.25, -0.2) is 0 Å². The minimum atomic E-state index is -0.121. The highest BCUT2D eigenvalue weighted by Crippen LogP contribution is 2.32. The van der Waals surface area contributed by atoms with Crippen molar-refractivity contribution in [2.45, 2.75) is 25.4 Å². The molecule has 0 radical (unpaired) electrons. The zero-order valence-corrected chi connectivity index (χ0v) is 12.3. The van der Waals surface area contributed by atoms with Gasteiger partial charge in [-0.1, -0.05) is 25.1 Å². The molecule has 0 aliphatic carbocycles. The molecule has 2 aliphatic rings. The van der Waals surface area contributed by atoms with Gasteiger partial charge in [0.05, 0.1) is 25.2 Å². The van der Waals surface area contributed by atoms with Crippen LogP contribution in [0.25, 0.3) is 0 Å². The average Bonchev–Trinajstić information content (AvgIpc) is 3.12. The third kappa shape index (κ3) is 3.04. The van der Waals surface area contributed by atoms with E-state index in [0.717, 1.165) is 24.3 Å². The molecule has 114 valence electrons. The molecule has 1 aromatic carbocycles. The second-order valence-corrected chi connectivity index (χ2v) is 5.61. The summed E-state index contributed by atoms with van der Waals surface area (Å²) < 4.78 is 11.1. The Morgan fingerprint density at radius 1 is 1.29 bits per heavy atom. The van der Waals surface area contributed by atoms with Crippen LogP contribution in [0.2, 0.25) is 0 Å². The Morgan fingerprint density at radius 3 is 3.00 bits per heavy atom. The predicted octanol–water partition coefficient (Wildman–Crippen LogP) is 1.25. The molecule has 0 aromatic heterocycles. The molecule has 1 aromatic rings. The van der Waals surface area contributed by atoms with Crippen LogP contribution in [0.1, 0.15) is 24.9 Å². The Kier molecular flexibility index (Phi) is 4.41. The van der Waals surface area contributed by atoms with Gasteiger partial charge in [-0.15, -0.1) is 0 Å². The van der Waals surface area contributed by atoms with Gasteiger partial charge >= 0.3 is 0 Å². The van der Waals surface area contributed by atoms with E-state index in [0.29, 0.717) is 19.8 Å². The maximum atomic E-state index is 12.5. The maximum Gasteiger partial charge on any atom is 0.227 e. The fraction of sp³-hybridized carbons (Fsp3) is 0.562. The molecule has 5 heteroatoms. The number of ether oxygens (including phenoxy) is 2. The summed E-state index contributed by atoms with van der Waals surface area (Å²) in [6.45, 7) is 4.63. The highest BCUT2D eigenvalue weighted by molar-refractivity contribution is 5.80. The number of nitrogens with one attached hydrogen (secondary N) is 2. The molecule has 3 unspecified atom stereocenters.